The maximum absolute atomic E-state index is 5.54. The standard InChI is InChI=1S/C13H28N2OS/c1-3-4-5-6-7-9-15(11-12-16-2)10-8-13(14)17/h3-12H2,1-2H3,(H2,14,17). The van der Waals surface area contributed by atoms with Crippen LogP contribution in [0.4, 0.5) is 0 Å². The normalized spacial score (nSPS) is 11.0. The molecule has 0 saturated heterocycles. The topological polar surface area (TPSA) is 38.5 Å². The van der Waals surface area contributed by atoms with E-state index in [4.69, 9.17) is 22.7 Å². The highest BCUT2D eigenvalue weighted by Crippen LogP contribution is 2.04. The van der Waals surface area contributed by atoms with Crippen LogP contribution in [0, 0.1) is 0 Å². The molecular weight excluding hydrogens is 232 g/mol. The zero-order valence-electron chi connectivity index (χ0n) is 11.4. The summed E-state index contributed by atoms with van der Waals surface area (Å²) in [4.78, 5) is 3.01. The van der Waals surface area contributed by atoms with Gasteiger partial charge in [0.1, 0.15) is 0 Å². The van der Waals surface area contributed by atoms with E-state index in [-0.39, 0.29) is 0 Å². The maximum Gasteiger partial charge on any atom is 0.0740 e. The molecular formula is C13H28N2OS. The zero-order valence-corrected chi connectivity index (χ0v) is 12.2. The van der Waals surface area contributed by atoms with Gasteiger partial charge in [0.25, 0.3) is 0 Å². The predicted octanol–water partition coefficient (Wildman–Crippen LogP) is 2.58. The van der Waals surface area contributed by atoms with Gasteiger partial charge < -0.3 is 15.4 Å². The molecule has 0 spiro atoms. The van der Waals surface area contributed by atoms with E-state index in [1.807, 2.05) is 0 Å². The van der Waals surface area contributed by atoms with Crippen LogP contribution in [0.5, 0.6) is 0 Å². The fourth-order valence-corrected chi connectivity index (χ4v) is 1.85. The molecule has 0 rings (SSSR count). The number of nitrogens with zero attached hydrogens (tertiary/aromatic N) is 1. The summed E-state index contributed by atoms with van der Waals surface area (Å²) < 4.78 is 5.12. The lowest BCUT2D eigenvalue weighted by Crippen LogP contribution is -2.31. The van der Waals surface area contributed by atoms with Crippen molar-refractivity contribution in [3.05, 3.63) is 0 Å². The molecule has 0 aliphatic rings. The van der Waals surface area contributed by atoms with Gasteiger partial charge in [0.15, 0.2) is 0 Å². The zero-order chi connectivity index (χ0) is 12.9. The molecule has 0 heterocycles. The molecule has 4 heteroatoms. The summed E-state index contributed by atoms with van der Waals surface area (Å²) in [6.07, 6.45) is 7.41. The average molecular weight is 260 g/mol. The van der Waals surface area contributed by atoms with Gasteiger partial charge >= 0.3 is 0 Å². The van der Waals surface area contributed by atoms with E-state index in [0.29, 0.717) is 4.99 Å². The predicted molar refractivity (Wildman–Crippen MR) is 78.5 cm³/mol. The van der Waals surface area contributed by atoms with Crippen molar-refractivity contribution in [3.63, 3.8) is 0 Å². The molecule has 0 bridgehead atoms. The largest absolute Gasteiger partial charge is 0.393 e. The highest BCUT2D eigenvalue weighted by Gasteiger charge is 2.04. The van der Waals surface area contributed by atoms with Gasteiger partial charge in [0.05, 0.1) is 11.6 Å². The molecule has 0 aliphatic heterocycles. The summed E-state index contributed by atoms with van der Waals surface area (Å²) in [6, 6.07) is 0. The first-order chi connectivity index (χ1) is 8.20. The number of thiocarbonyl (C=S) groups is 1. The molecule has 0 aliphatic carbocycles. The third kappa shape index (κ3) is 12.1. The van der Waals surface area contributed by atoms with Crippen molar-refractivity contribution in [2.45, 2.75) is 45.4 Å². The maximum atomic E-state index is 5.54. The van der Waals surface area contributed by atoms with Crippen LogP contribution in [-0.2, 0) is 4.74 Å². The van der Waals surface area contributed by atoms with Crippen molar-refractivity contribution in [2.24, 2.45) is 5.73 Å². The number of methoxy groups -OCH3 is 1. The second-order valence-electron chi connectivity index (χ2n) is 4.46. The van der Waals surface area contributed by atoms with E-state index in [2.05, 4.69) is 11.8 Å². The Morgan fingerprint density at radius 2 is 1.82 bits per heavy atom. The number of rotatable bonds is 12. The molecule has 102 valence electrons. The van der Waals surface area contributed by atoms with Gasteiger partial charge in [-0.15, -0.1) is 0 Å². The lowest BCUT2D eigenvalue weighted by Gasteiger charge is -2.21. The van der Waals surface area contributed by atoms with Crippen LogP contribution in [0.1, 0.15) is 45.4 Å². The Bertz CT molecular complexity index is 188. The van der Waals surface area contributed by atoms with E-state index < -0.39 is 0 Å². The van der Waals surface area contributed by atoms with Gasteiger partial charge in [0.2, 0.25) is 0 Å². The molecule has 0 aromatic heterocycles. The Balaban J connectivity index is 3.64. The minimum Gasteiger partial charge on any atom is -0.393 e. The molecule has 0 unspecified atom stereocenters. The Morgan fingerprint density at radius 1 is 1.12 bits per heavy atom. The number of ether oxygens (including phenoxy) is 1. The average Bonchev–Trinajstić information content (AvgIpc) is 2.31. The van der Waals surface area contributed by atoms with Crippen molar-refractivity contribution in [3.8, 4) is 0 Å². The molecule has 0 atom stereocenters. The first-order valence-electron chi connectivity index (χ1n) is 6.70. The molecule has 0 fully saturated rings. The second kappa shape index (κ2) is 12.3. The molecule has 0 saturated carbocycles. The van der Waals surface area contributed by atoms with Gasteiger partial charge in [-0.2, -0.15) is 0 Å². The number of hydrogen-bond donors (Lipinski definition) is 1. The van der Waals surface area contributed by atoms with Crippen LogP contribution < -0.4 is 5.73 Å². The monoisotopic (exact) mass is 260 g/mol. The van der Waals surface area contributed by atoms with Crippen molar-refractivity contribution >= 4 is 17.2 Å². The van der Waals surface area contributed by atoms with Crippen LogP contribution in [0.2, 0.25) is 0 Å². The quantitative estimate of drug-likeness (QED) is 0.432. The third-order valence-electron chi connectivity index (χ3n) is 2.86. The summed E-state index contributed by atoms with van der Waals surface area (Å²) in [7, 11) is 1.74. The molecule has 3 nitrogen and oxygen atoms in total. The van der Waals surface area contributed by atoms with Gasteiger partial charge in [-0.1, -0.05) is 44.8 Å². The number of nitrogens with two attached hydrogens (primary N) is 1. The van der Waals surface area contributed by atoms with E-state index in [0.717, 1.165) is 32.7 Å². The van der Waals surface area contributed by atoms with Gasteiger partial charge in [-0.05, 0) is 13.0 Å². The Labute approximate surface area is 112 Å². The van der Waals surface area contributed by atoms with Crippen LogP contribution in [0.25, 0.3) is 0 Å². The van der Waals surface area contributed by atoms with Gasteiger partial charge in [0, 0.05) is 26.6 Å². The molecule has 0 aromatic carbocycles. The SMILES string of the molecule is CCCCCCCN(CCOC)CCC(N)=S. The van der Waals surface area contributed by atoms with Gasteiger partial charge in [-0.3, -0.25) is 0 Å². The summed E-state index contributed by atoms with van der Waals surface area (Å²) in [5, 5.41) is 0. The molecule has 2 N–H and O–H groups in total. The van der Waals surface area contributed by atoms with Crippen molar-refractivity contribution in [1.29, 1.82) is 0 Å². The van der Waals surface area contributed by atoms with Crippen molar-refractivity contribution in [2.75, 3.05) is 33.4 Å². The highest BCUT2D eigenvalue weighted by atomic mass is 32.1. The Morgan fingerprint density at radius 3 is 2.41 bits per heavy atom. The first kappa shape index (κ1) is 16.8. The fraction of sp³-hybridized carbons (Fsp3) is 0.923. The minimum absolute atomic E-state index is 0.610. The third-order valence-corrected chi connectivity index (χ3v) is 3.07. The summed E-state index contributed by atoms with van der Waals surface area (Å²) in [6.45, 7) is 6.11. The van der Waals surface area contributed by atoms with Crippen LogP contribution in [0.15, 0.2) is 0 Å². The summed E-state index contributed by atoms with van der Waals surface area (Å²) in [5.41, 5.74) is 5.54. The van der Waals surface area contributed by atoms with Crippen molar-refractivity contribution in [1.82, 2.24) is 4.90 Å². The van der Waals surface area contributed by atoms with Crippen LogP contribution in [0.3, 0.4) is 0 Å². The van der Waals surface area contributed by atoms with E-state index in [1.54, 1.807) is 7.11 Å². The second-order valence-corrected chi connectivity index (χ2v) is 4.99. The van der Waals surface area contributed by atoms with Crippen LogP contribution >= 0.6 is 12.2 Å². The lowest BCUT2D eigenvalue weighted by atomic mass is 10.1. The number of hydrogen-bond acceptors (Lipinski definition) is 3. The van der Waals surface area contributed by atoms with E-state index in [9.17, 15) is 0 Å². The summed E-state index contributed by atoms with van der Waals surface area (Å²) in [5.74, 6) is 0. The molecule has 0 amide bonds. The fourth-order valence-electron chi connectivity index (χ4n) is 1.76. The smallest absolute Gasteiger partial charge is 0.0740 e. The Hall–Kier alpha value is -0.190. The van der Waals surface area contributed by atoms with Crippen LogP contribution in [-0.4, -0.2) is 43.2 Å². The van der Waals surface area contributed by atoms with E-state index in [1.165, 1.54) is 32.1 Å². The minimum atomic E-state index is 0.610. The van der Waals surface area contributed by atoms with Gasteiger partial charge in [-0.25, -0.2) is 0 Å². The molecule has 0 aromatic rings. The summed E-state index contributed by atoms with van der Waals surface area (Å²) >= 11 is 4.92. The molecule has 17 heavy (non-hydrogen) atoms. The number of unbranched alkanes of at least 4 members (excludes halogenated alkanes) is 4. The molecule has 0 radical (unpaired) electrons. The Kier molecular flexibility index (Phi) is 12.1. The van der Waals surface area contributed by atoms with Crippen molar-refractivity contribution < 1.29 is 4.74 Å². The first-order valence-corrected chi connectivity index (χ1v) is 7.11. The van der Waals surface area contributed by atoms with E-state index >= 15 is 0 Å². The lowest BCUT2D eigenvalue weighted by molar-refractivity contribution is 0.148. The highest BCUT2D eigenvalue weighted by molar-refractivity contribution is 7.80.